The molecule has 0 unspecified atom stereocenters. The molecule has 94 valence electrons. The van der Waals surface area contributed by atoms with Crippen molar-refractivity contribution in [3.05, 3.63) is 65.2 Å². The van der Waals surface area contributed by atoms with E-state index < -0.39 is 23.3 Å². The average Bonchev–Trinajstić information content (AvgIpc) is 2.36. The van der Waals surface area contributed by atoms with Crippen molar-refractivity contribution in [3.63, 3.8) is 0 Å². The maximum absolute atomic E-state index is 13.3. The first-order valence-electron chi connectivity index (χ1n) is 5.20. The molecule has 2 rings (SSSR count). The normalized spacial score (nSPS) is 10.4. The van der Waals surface area contributed by atoms with Gasteiger partial charge in [0.15, 0.2) is 23.3 Å². The van der Waals surface area contributed by atoms with Gasteiger partial charge in [-0.1, -0.05) is 18.2 Å². The number of anilines is 1. The van der Waals surface area contributed by atoms with Crippen LogP contribution in [0.3, 0.4) is 0 Å². The molecule has 18 heavy (non-hydrogen) atoms. The zero-order valence-electron chi connectivity index (χ0n) is 9.18. The summed E-state index contributed by atoms with van der Waals surface area (Å²) in [6.07, 6.45) is 0. The summed E-state index contributed by atoms with van der Waals surface area (Å²) in [4.78, 5) is 0. The van der Waals surface area contributed by atoms with Crippen LogP contribution in [0.15, 0.2) is 36.4 Å². The molecule has 2 aromatic rings. The van der Waals surface area contributed by atoms with E-state index >= 15 is 0 Å². The van der Waals surface area contributed by atoms with E-state index in [-0.39, 0.29) is 17.8 Å². The first-order chi connectivity index (χ1) is 8.59. The lowest BCUT2D eigenvalue weighted by molar-refractivity contribution is 0.499. The quantitative estimate of drug-likeness (QED) is 0.821. The van der Waals surface area contributed by atoms with Gasteiger partial charge in [-0.3, -0.25) is 0 Å². The lowest BCUT2D eigenvalue weighted by Crippen LogP contribution is -2.05. The summed E-state index contributed by atoms with van der Waals surface area (Å²) in [5.41, 5.74) is -0.0580. The van der Waals surface area contributed by atoms with Crippen LogP contribution in [-0.4, -0.2) is 0 Å². The highest BCUT2D eigenvalue weighted by atomic mass is 19.2. The van der Waals surface area contributed by atoms with E-state index in [4.69, 9.17) is 0 Å². The molecule has 0 fully saturated rings. The van der Waals surface area contributed by atoms with Crippen molar-refractivity contribution >= 4 is 5.69 Å². The maximum Gasteiger partial charge on any atom is 0.181 e. The highest BCUT2D eigenvalue weighted by Crippen LogP contribution is 2.18. The third-order valence-electron chi connectivity index (χ3n) is 2.45. The Hall–Kier alpha value is -2.04. The van der Waals surface area contributed by atoms with Gasteiger partial charge in [-0.25, -0.2) is 17.6 Å². The number of hydrogen-bond donors (Lipinski definition) is 1. The van der Waals surface area contributed by atoms with E-state index in [1.165, 1.54) is 24.3 Å². The molecule has 0 amide bonds. The van der Waals surface area contributed by atoms with Crippen molar-refractivity contribution in [1.29, 1.82) is 0 Å². The van der Waals surface area contributed by atoms with Gasteiger partial charge in [-0.2, -0.15) is 0 Å². The molecule has 0 aliphatic heterocycles. The highest BCUT2D eigenvalue weighted by Gasteiger charge is 2.10. The average molecular weight is 255 g/mol. The largest absolute Gasteiger partial charge is 0.378 e. The monoisotopic (exact) mass is 255 g/mol. The van der Waals surface area contributed by atoms with Crippen LogP contribution in [0.4, 0.5) is 23.2 Å². The summed E-state index contributed by atoms with van der Waals surface area (Å²) < 4.78 is 52.4. The second-order valence-corrected chi connectivity index (χ2v) is 3.67. The zero-order valence-corrected chi connectivity index (χ0v) is 9.18. The summed E-state index contributed by atoms with van der Waals surface area (Å²) in [7, 11) is 0. The Morgan fingerprint density at radius 3 is 2.11 bits per heavy atom. The molecule has 1 nitrogen and oxygen atoms in total. The number of rotatable bonds is 3. The van der Waals surface area contributed by atoms with E-state index in [0.717, 1.165) is 12.1 Å². The van der Waals surface area contributed by atoms with Crippen LogP contribution in [0, 0.1) is 23.3 Å². The summed E-state index contributed by atoms with van der Waals surface area (Å²) in [6, 6.07) is 7.31. The highest BCUT2D eigenvalue weighted by molar-refractivity contribution is 5.45. The SMILES string of the molecule is Fc1cccc(CNc2cccc(F)c2F)c1F. The Morgan fingerprint density at radius 1 is 0.778 bits per heavy atom. The number of benzene rings is 2. The molecule has 5 heteroatoms. The maximum atomic E-state index is 13.3. The Labute approximate surface area is 101 Å². The van der Waals surface area contributed by atoms with Crippen LogP contribution in [0.2, 0.25) is 0 Å². The molecule has 0 saturated carbocycles. The first kappa shape index (κ1) is 12.4. The molecular formula is C13H9F4N. The van der Waals surface area contributed by atoms with E-state index in [2.05, 4.69) is 5.32 Å². The fourth-order valence-corrected chi connectivity index (χ4v) is 1.52. The van der Waals surface area contributed by atoms with Gasteiger partial charge in [-0.15, -0.1) is 0 Å². The number of hydrogen-bond acceptors (Lipinski definition) is 1. The minimum atomic E-state index is -1.05. The Kier molecular flexibility index (Phi) is 3.50. The molecule has 0 heterocycles. The fraction of sp³-hybridized carbons (Fsp3) is 0.0769. The topological polar surface area (TPSA) is 12.0 Å². The summed E-state index contributed by atoms with van der Waals surface area (Å²) in [6.45, 7) is -0.135. The molecule has 1 N–H and O–H groups in total. The minimum Gasteiger partial charge on any atom is -0.378 e. The standard InChI is InChI=1S/C13H9F4N/c14-9-4-1-3-8(12(9)16)7-18-11-6-2-5-10(15)13(11)17/h1-6,18H,7H2. The van der Waals surface area contributed by atoms with E-state index in [1.807, 2.05) is 0 Å². The summed E-state index contributed by atoms with van der Waals surface area (Å²) in [5.74, 6) is -4.02. The van der Waals surface area contributed by atoms with Crippen LogP contribution in [0.5, 0.6) is 0 Å². The Morgan fingerprint density at radius 2 is 1.39 bits per heavy atom. The lowest BCUT2D eigenvalue weighted by atomic mass is 10.2. The third kappa shape index (κ3) is 2.45. The molecule has 0 radical (unpaired) electrons. The van der Waals surface area contributed by atoms with Crippen molar-refractivity contribution in [3.8, 4) is 0 Å². The Balaban J connectivity index is 2.17. The van der Waals surface area contributed by atoms with Gasteiger partial charge < -0.3 is 5.32 Å². The molecule has 0 aliphatic carbocycles. The summed E-state index contributed by atoms with van der Waals surface area (Å²) in [5, 5.41) is 2.52. The molecule has 0 saturated heterocycles. The molecule has 0 bridgehead atoms. The van der Waals surface area contributed by atoms with Gasteiger partial charge in [0.25, 0.3) is 0 Å². The predicted molar refractivity (Wildman–Crippen MR) is 60.0 cm³/mol. The van der Waals surface area contributed by atoms with E-state index in [9.17, 15) is 17.6 Å². The molecule has 2 aromatic carbocycles. The van der Waals surface area contributed by atoms with Crippen molar-refractivity contribution in [2.45, 2.75) is 6.54 Å². The zero-order chi connectivity index (χ0) is 13.1. The van der Waals surface area contributed by atoms with Crippen LogP contribution in [0.1, 0.15) is 5.56 Å². The van der Waals surface area contributed by atoms with Gasteiger partial charge in [0.2, 0.25) is 0 Å². The van der Waals surface area contributed by atoms with Crippen LogP contribution >= 0.6 is 0 Å². The fourth-order valence-electron chi connectivity index (χ4n) is 1.52. The number of halogens is 4. The number of nitrogens with one attached hydrogen (secondary N) is 1. The van der Waals surface area contributed by atoms with Crippen molar-refractivity contribution in [2.75, 3.05) is 5.32 Å². The van der Waals surface area contributed by atoms with E-state index in [0.29, 0.717) is 0 Å². The van der Waals surface area contributed by atoms with Crippen molar-refractivity contribution < 1.29 is 17.6 Å². The molecular weight excluding hydrogens is 246 g/mol. The van der Waals surface area contributed by atoms with E-state index in [1.54, 1.807) is 0 Å². The summed E-state index contributed by atoms with van der Waals surface area (Å²) >= 11 is 0. The minimum absolute atomic E-state index is 0.0404. The van der Waals surface area contributed by atoms with Gasteiger partial charge in [0.05, 0.1) is 5.69 Å². The second-order valence-electron chi connectivity index (χ2n) is 3.67. The molecule has 0 atom stereocenters. The third-order valence-corrected chi connectivity index (χ3v) is 2.45. The first-order valence-corrected chi connectivity index (χ1v) is 5.20. The van der Waals surface area contributed by atoms with Gasteiger partial charge in [0, 0.05) is 12.1 Å². The smallest absolute Gasteiger partial charge is 0.181 e. The van der Waals surface area contributed by atoms with Gasteiger partial charge >= 0.3 is 0 Å². The Bertz CT molecular complexity index is 517. The lowest BCUT2D eigenvalue weighted by Gasteiger charge is -2.09. The molecule has 0 aromatic heterocycles. The molecule has 0 aliphatic rings. The van der Waals surface area contributed by atoms with Crippen LogP contribution in [-0.2, 0) is 6.54 Å². The predicted octanol–water partition coefficient (Wildman–Crippen LogP) is 3.86. The van der Waals surface area contributed by atoms with Crippen LogP contribution in [0.25, 0.3) is 0 Å². The van der Waals surface area contributed by atoms with Crippen molar-refractivity contribution in [1.82, 2.24) is 0 Å². The van der Waals surface area contributed by atoms with Crippen molar-refractivity contribution in [2.24, 2.45) is 0 Å². The van der Waals surface area contributed by atoms with Gasteiger partial charge in [0.1, 0.15) is 0 Å². The molecule has 0 spiro atoms. The van der Waals surface area contributed by atoms with Gasteiger partial charge in [-0.05, 0) is 18.2 Å². The van der Waals surface area contributed by atoms with Crippen LogP contribution < -0.4 is 5.32 Å². The second kappa shape index (κ2) is 5.08.